The van der Waals surface area contributed by atoms with E-state index in [9.17, 15) is 9.59 Å². The van der Waals surface area contributed by atoms with E-state index >= 15 is 0 Å². The van der Waals surface area contributed by atoms with Crippen molar-refractivity contribution >= 4 is 17.4 Å². The van der Waals surface area contributed by atoms with Crippen LogP contribution in [0.2, 0.25) is 0 Å². The summed E-state index contributed by atoms with van der Waals surface area (Å²) in [6, 6.07) is 7.42. The van der Waals surface area contributed by atoms with Crippen molar-refractivity contribution in [1.82, 2.24) is 0 Å². The summed E-state index contributed by atoms with van der Waals surface area (Å²) in [5, 5.41) is 0. The number of para-hydroxylation sites is 2. The summed E-state index contributed by atoms with van der Waals surface area (Å²) >= 11 is 0. The maximum atomic E-state index is 12.4. The minimum Gasteiger partial charge on any atom is -0.495 e. The lowest BCUT2D eigenvalue weighted by atomic mass is 9.88. The van der Waals surface area contributed by atoms with Gasteiger partial charge in [0.1, 0.15) is 11.2 Å². The van der Waals surface area contributed by atoms with Crippen LogP contribution < -0.4 is 9.64 Å². The Kier molecular flexibility index (Phi) is 5.76. The molecule has 1 aromatic carbocycles. The highest BCUT2D eigenvalue weighted by Crippen LogP contribution is 2.28. The number of methoxy groups -OCH3 is 1. The van der Waals surface area contributed by atoms with Gasteiger partial charge >= 0.3 is 5.97 Å². The molecule has 0 spiro atoms. The number of esters is 1. The Morgan fingerprint density at radius 1 is 1.24 bits per heavy atom. The number of likely N-dealkylation sites (N-methyl/N-ethyl adjacent to an activating group) is 1. The highest BCUT2D eigenvalue weighted by molar-refractivity contribution is 6.04. The number of ether oxygens (including phenoxy) is 2. The number of rotatable bonds is 7. The number of carbonyl (C=O) groups is 2. The van der Waals surface area contributed by atoms with Crippen LogP contribution in [0.4, 0.5) is 5.69 Å². The van der Waals surface area contributed by atoms with Crippen LogP contribution >= 0.6 is 0 Å². The van der Waals surface area contributed by atoms with Gasteiger partial charge in [-0.15, -0.1) is 0 Å². The summed E-state index contributed by atoms with van der Waals surface area (Å²) in [5.41, 5.74) is -0.361. The molecular weight excluding hydrogens is 270 g/mol. The first-order valence-electron chi connectivity index (χ1n) is 6.89. The lowest BCUT2D eigenvalue weighted by Crippen LogP contribution is -2.41. The monoisotopic (exact) mass is 293 g/mol. The molecule has 0 atom stereocenters. The van der Waals surface area contributed by atoms with Crippen molar-refractivity contribution in [3.8, 4) is 5.75 Å². The normalized spacial score (nSPS) is 10.9. The molecule has 0 amide bonds. The van der Waals surface area contributed by atoms with Gasteiger partial charge in [0, 0.05) is 7.05 Å². The van der Waals surface area contributed by atoms with Crippen LogP contribution in [0.25, 0.3) is 0 Å². The Morgan fingerprint density at radius 2 is 1.86 bits per heavy atom. The van der Waals surface area contributed by atoms with Gasteiger partial charge in [-0.05, 0) is 32.9 Å². The number of benzene rings is 1. The second kappa shape index (κ2) is 7.11. The van der Waals surface area contributed by atoms with Gasteiger partial charge in [-0.2, -0.15) is 0 Å². The molecule has 21 heavy (non-hydrogen) atoms. The van der Waals surface area contributed by atoms with Crippen molar-refractivity contribution < 1.29 is 19.1 Å². The zero-order chi connectivity index (χ0) is 16.0. The SMILES string of the molecule is CCOC(=O)C(C)(C)C(=O)CN(C)c1ccccc1OC. The van der Waals surface area contributed by atoms with Gasteiger partial charge in [0.2, 0.25) is 0 Å². The van der Waals surface area contributed by atoms with E-state index in [0.717, 1.165) is 5.69 Å². The fraction of sp³-hybridized carbons (Fsp3) is 0.500. The van der Waals surface area contributed by atoms with E-state index in [2.05, 4.69) is 0 Å². The van der Waals surface area contributed by atoms with Crippen molar-refractivity contribution in [2.45, 2.75) is 20.8 Å². The molecule has 0 heterocycles. The minimum absolute atomic E-state index is 0.103. The van der Waals surface area contributed by atoms with Crippen LogP contribution in [0, 0.1) is 5.41 Å². The molecule has 5 nitrogen and oxygen atoms in total. The minimum atomic E-state index is -1.16. The molecule has 0 aliphatic heterocycles. The quantitative estimate of drug-likeness (QED) is 0.570. The first-order valence-corrected chi connectivity index (χ1v) is 6.89. The molecule has 0 saturated carbocycles. The van der Waals surface area contributed by atoms with Crippen molar-refractivity contribution in [1.29, 1.82) is 0 Å². The molecule has 0 aliphatic rings. The molecule has 1 aromatic rings. The van der Waals surface area contributed by atoms with Crippen molar-refractivity contribution in [3.63, 3.8) is 0 Å². The smallest absolute Gasteiger partial charge is 0.319 e. The topological polar surface area (TPSA) is 55.8 Å². The van der Waals surface area contributed by atoms with Crippen LogP contribution in [0.3, 0.4) is 0 Å². The lowest BCUT2D eigenvalue weighted by molar-refractivity contribution is -0.157. The van der Waals surface area contributed by atoms with Gasteiger partial charge in [0.05, 0.1) is 25.9 Å². The first kappa shape index (κ1) is 17.0. The van der Waals surface area contributed by atoms with Crippen molar-refractivity contribution in [2.24, 2.45) is 5.41 Å². The van der Waals surface area contributed by atoms with E-state index in [4.69, 9.17) is 9.47 Å². The predicted octanol–water partition coefficient (Wildman–Crippen LogP) is 2.29. The van der Waals surface area contributed by atoms with Crippen LogP contribution in [0.1, 0.15) is 20.8 Å². The molecule has 1 rings (SSSR count). The van der Waals surface area contributed by atoms with Gasteiger partial charge in [-0.1, -0.05) is 12.1 Å². The van der Waals surface area contributed by atoms with E-state index in [-0.39, 0.29) is 18.9 Å². The largest absolute Gasteiger partial charge is 0.495 e. The maximum Gasteiger partial charge on any atom is 0.319 e. The first-order chi connectivity index (χ1) is 9.84. The summed E-state index contributed by atoms with van der Waals surface area (Å²) in [7, 11) is 3.37. The van der Waals surface area contributed by atoms with Crippen LogP contribution in [-0.2, 0) is 14.3 Å². The predicted molar refractivity (Wildman–Crippen MR) is 81.7 cm³/mol. The van der Waals surface area contributed by atoms with E-state index in [0.29, 0.717) is 5.75 Å². The Balaban J connectivity index is 2.85. The summed E-state index contributed by atoms with van der Waals surface area (Å²) in [6.07, 6.45) is 0. The fourth-order valence-corrected chi connectivity index (χ4v) is 1.87. The van der Waals surface area contributed by atoms with Gasteiger partial charge < -0.3 is 14.4 Å². The fourth-order valence-electron chi connectivity index (χ4n) is 1.87. The summed E-state index contributed by atoms with van der Waals surface area (Å²) < 4.78 is 10.2. The molecule has 0 N–H and O–H groups in total. The molecule has 0 radical (unpaired) electrons. The average molecular weight is 293 g/mol. The van der Waals surface area contributed by atoms with Crippen LogP contribution in [0.15, 0.2) is 24.3 Å². The third-order valence-electron chi connectivity index (χ3n) is 3.36. The maximum absolute atomic E-state index is 12.4. The number of nitrogens with zero attached hydrogens (tertiary/aromatic N) is 1. The summed E-state index contributed by atoms with van der Waals surface area (Å²) in [6.45, 7) is 5.26. The number of hydrogen-bond donors (Lipinski definition) is 0. The second-order valence-corrected chi connectivity index (χ2v) is 5.30. The van der Waals surface area contributed by atoms with Gasteiger partial charge in [0.15, 0.2) is 5.78 Å². The van der Waals surface area contributed by atoms with E-state index in [1.165, 1.54) is 0 Å². The highest BCUT2D eigenvalue weighted by Gasteiger charge is 2.37. The Morgan fingerprint density at radius 3 is 2.43 bits per heavy atom. The molecule has 0 bridgehead atoms. The van der Waals surface area contributed by atoms with E-state index < -0.39 is 11.4 Å². The Hall–Kier alpha value is -2.04. The number of ketones is 1. The molecule has 0 unspecified atom stereocenters. The molecule has 0 saturated heterocycles. The van der Waals surface area contributed by atoms with Crippen LogP contribution in [0.5, 0.6) is 5.75 Å². The van der Waals surface area contributed by atoms with Gasteiger partial charge in [-0.25, -0.2) is 0 Å². The van der Waals surface area contributed by atoms with Gasteiger partial charge in [0.25, 0.3) is 0 Å². The molecule has 0 aromatic heterocycles. The average Bonchev–Trinajstić information content (AvgIpc) is 2.47. The van der Waals surface area contributed by atoms with Crippen molar-refractivity contribution in [2.75, 3.05) is 32.2 Å². The molecule has 116 valence electrons. The standard InChI is InChI=1S/C16H23NO4/c1-6-21-15(19)16(2,3)14(18)11-17(4)12-9-7-8-10-13(12)20-5/h7-10H,6,11H2,1-5H3. The molecular formula is C16H23NO4. The third-order valence-corrected chi connectivity index (χ3v) is 3.36. The highest BCUT2D eigenvalue weighted by atomic mass is 16.5. The summed E-state index contributed by atoms with van der Waals surface area (Å²) in [4.78, 5) is 26.0. The zero-order valence-corrected chi connectivity index (χ0v) is 13.3. The Bertz CT molecular complexity index is 511. The number of carbonyl (C=O) groups excluding carboxylic acids is 2. The van der Waals surface area contributed by atoms with Crippen molar-refractivity contribution in [3.05, 3.63) is 24.3 Å². The zero-order valence-electron chi connectivity index (χ0n) is 13.3. The van der Waals surface area contributed by atoms with Gasteiger partial charge in [-0.3, -0.25) is 9.59 Å². The second-order valence-electron chi connectivity index (χ2n) is 5.30. The Labute approximate surface area is 125 Å². The number of hydrogen-bond acceptors (Lipinski definition) is 5. The number of Topliss-reactive ketones (excluding diaryl/α,β-unsaturated/α-hetero) is 1. The number of anilines is 1. The lowest BCUT2D eigenvalue weighted by Gasteiger charge is -2.26. The summed E-state index contributed by atoms with van der Waals surface area (Å²) in [5.74, 6) is -0.0143. The van der Waals surface area contributed by atoms with Crippen LogP contribution in [-0.4, -0.2) is 39.1 Å². The molecule has 5 heteroatoms. The third kappa shape index (κ3) is 3.97. The molecule has 0 aliphatic carbocycles. The molecule has 0 fully saturated rings. The van der Waals surface area contributed by atoms with E-state index in [1.54, 1.807) is 39.8 Å². The van der Waals surface area contributed by atoms with E-state index in [1.807, 2.05) is 24.3 Å².